The molecule has 1 saturated carbocycles. The standard InChI is InChI=1S/C13H23N3O2/c14-7-8-15-12(17)13(18)16-9-3-6-11(16)10-4-1-2-5-10/h10-11H,1-9,14H2,(H,15,17). The zero-order valence-electron chi connectivity index (χ0n) is 10.9. The zero-order chi connectivity index (χ0) is 13.0. The molecule has 0 spiro atoms. The van der Waals surface area contributed by atoms with Crippen LogP contribution in [-0.2, 0) is 9.59 Å². The molecule has 1 unspecified atom stereocenters. The van der Waals surface area contributed by atoms with Crippen molar-refractivity contribution >= 4 is 11.8 Å². The molecule has 1 aliphatic carbocycles. The second-order valence-electron chi connectivity index (χ2n) is 5.30. The molecule has 0 aromatic carbocycles. The summed E-state index contributed by atoms with van der Waals surface area (Å²) < 4.78 is 0. The van der Waals surface area contributed by atoms with Crippen LogP contribution < -0.4 is 11.1 Å². The maximum absolute atomic E-state index is 12.1. The van der Waals surface area contributed by atoms with E-state index in [4.69, 9.17) is 5.73 Å². The number of amides is 2. The SMILES string of the molecule is NCCNC(=O)C(=O)N1CCCC1C1CCCC1. The van der Waals surface area contributed by atoms with Crippen molar-refractivity contribution in [2.75, 3.05) is 19.6 Å². The summed E-state index contributed by atoms with van der Waals surface area (Å²) in [6, 6.07) is 0.295. The molecule has 0 radical (unpaired) electrons. The molecule has 102 valence electrons. The molecular formula is C13H23N3O2. The van der Waals surface area contributed by atoms with Gasteiger partial charge in [0.15, 0.2) is 0 Å². The second kappa shape index (κ2) is 6.18. The molecule has 5 heteroatoms. The van der Waals surface area contributed by atoms with E-state index in [-0.39, 0.29) is 5.91 Å². The van der Waals surface area contributed by atoms with Gasteiger partial charge in [-0.15, -0.1) is 0 Å². The van der Waals surface area contributed by atoms with Crippen LogP contribution in [0.1, 0.15) is 38.5 Å². The van der Waals surface area contributed by atoms with Gasteiger partial charge in [-0.1, -0.05) is 12.8 Å². The largest absolute Gasteiger partial charge is 0.347 e. The summed E-state index contributed by atoms with van der Waals surface area (Å²) in [6.45, 7) is 1.47. The van der Waals surface area contributed by atoms with Gasteiger partial charge in [0, 0.05) is 25.7 Å². The first-order valence-corrected chi connectivity index (χ1v) is 7.03. The molecule has 1 aliphatic heterocycles. The lowest BCUT2D eigenvalue weighted by molar-refractivity contribution is -0.147. The van der Waals surface area contributed by atoms with E-state index in [9.17, 15) is 9.59 Å². The van der Waals surface area contributed by atoms with Gasteiger partial charge in [0.1, 0.15) is 0 Å². The molecule has 3 N–H and O–H groups in total. The first-order chi connectivity index (χ1) is 8.74. The zero-order valence-corrected chi connectivity index (χ0v) is 10.9. The van der Waals surface area contributed by atoms with E-state index in [1.54, 1.807) is 4.90 Å². The Morgan fingerprint density at radius 1 is 1.17 bits per heavy atom. The summed E-state index contributed by atoms with van der Waals surface area (Å²) in [7, 11) is 0. The Bertz CT molecular complexity index is 313. The fraction of sp³-hybridized carbons (Fsp3) is 0.846. The van der Waals surface area contributed by atoms with E-state index in [2.05, 4.69) is 5.32 Å². The number of nitrogens with two attached hydrogens (primary N) is 1. The van der Waals surface area contributed by atoms with Crippen LogP contribution in [0, 0.1) is 5.92 Å². The molecule has 18 heavy (non-hydrogen) atoms. The van der Waals surface area contributed by atoms with Crippen LogP contribution in [0.4, 0.5) is 0 Å². The van der Waals surface area contributed by atoms with Gasteiger partial charge in [0.05, 0.1) is 0 Å². The Hall–Kier alpha value is -1.10. The van der Waals surface area contributed by atoms with Crippen LogP contribution in [0.15, 0.2) is 0 Å². The first-order valence-electron chi connectivity index (χ1n) is 7.03. The van der Waals surface area contributed by atoms with Gasteiger partial charge in [0.25, 0.3) is 0 Å². The number of rotatable bonds is 3. The summed E-state index contributed by atoms with van der Waals surface area (Å²) in [6.07, 6.45) is 7.03. The lowest BCUT2D eigenvalue weighted by atomic mass is 9.96. The van der Waals surface area contributed by atoms with Crippen LogP contribution in [0.2, 0.25) is 0 Å². The third-order valence-electron chi connectivity index (χ3n) is 4.13. The number of carbonyl (C=O) groups is 2. The van der Waals surface area contributed by atoms with E-state index in [0.29, 0.717) is 25.0 Å². The molecule has 2 rings (SSSR count). The molecule has 0 aromatic heterocycles. The monoisotopic (exact) mass is 253 g/mol. The summed E-state index contributed by atoms with van der Waals surface area (Å²) in [5, 5.41) is 2.56. The highest BCUT2D eigenvalue weighted by atomic mass is 16.2. The molecule has 0 bridgehead atoms. The van der Waals surface area contributed by atoms with Crippen molar-refractivity contribution in [1.29, 1.82) is 0 Å². The van der Waals surface area contributed by atoms with Crippen LogP contribution in [0.25, 0.3) is 0 Å². The van der Waals surface area contributed by atoms with Crippen molar-refractivity contribution in [2.45, 2.75) is 44.6 Å². The van der Waals surface area contributed by atoms with Crippen molar-refractivity contribution in [2.24, 2.45) is 11.7 Å². The van der Waals surface area contributed by atoms with Gasteiger partial charge in [-0.2, -0.15) is 0 Å². The summed E-state index contributed by atoms with van der Waals surface area (Å²) in [4.78, 5) is 25.6. The molecule has 2 amide bonds. The third-order valence-corrected chi connectivity index (χ3v) is 4.13. The minimum absolute atomic E-state index is 0.295. The Morgan fingerprint density at radius 2 is 1.89 bits per heavy atom. The van der Waals surface area contributed by atoms with E-state index in [1.807, 2.05) is 0 Å². The number of nitrogens with one attached hydrogen (secondary N) is 1. The molecule has 5 nitrogen and oxygen atoms in total. The molecular weight excluding hydrogens is 230 g/mol. The predicted molar refractivity (Wildman–Crippen MR) is 68.8 cm³/mol. The van der Waals surface area contributed by atoms with Crippen LogP contribution in [0.3, 0.4) is 0 Å². The normalized spacial score (nSPS) is 24.5. The smallest absolute Gasteiger partial charge is 0.312 e. The fourth-order valence-corrected chi connectivity index (χ4v) is 3.27. The molecule has 2 fully saturated rings. The third kappa shape index (κ3) is 2.83. The minimum Gasteiger partial charge on any atom is -0.347 e. The van der Waals surface area contributed by atoms with Crippen molar-refractivity contribution in [3.63, 3.8) is 0 Å². The molecule has 0 aromatic rings. The van der Waals surface area contributed by atoms with E-state index >= 15 is 0 Å². The maximum Gasteiger partial charge on any atom is 0.312 e. The highest BCUT2D eigenvalue weighted by molar-refractivity contribution is 6.35. The predicted octanol–water partition coefficient (Wildman–Crippen LogP) is 0.242. The Kier molecular flexibility index (Phi) is 4.58. The lowest BCUT2D eigenvalue weighted by Crippen LogP contribution is -2.47. The molecule has 1 atom stereocenters. The number of hydrogen-bond acceptors (Lipinski definition) is 3. The summed E-state index contributed by atoms with van der Waals surface area (Å²) in [5.74, 6) is -0.248. The van der Waals surface area contributed by atoms with E-state index in [0.717, 1.165) is 19.4 Å². The second-order valence-corrected chi connectivity index (χ2v) is 5.30. The van der Waals surface area contributed by atoms with E-state index in [1.165, 1.54) is 25.7 Å². The Balaban J connectivity index is 1.93. The maximum atomic E-state index is 12.1. The average molecular weight is 253 g/mol. The summed E-state index contributed by atoms with van der Waals surface area (Å²) in [5.41, 5.74) is 5.32. The molecule has 1 saturated heterocycles. The number of nitrogens with zero attached hydrogens (tertiary/aromatic N) is 1. The first kappa shape index (κ1) is 13.3. The topological polar surface area (TPSA) is 75.4 Å². The quantitative estimate of drug-likeness (QED) is 0.708. The van der Waals surface area contributed by atoms with Gasteiger partial charge < -0.3 is 16.0 Å². The highest BCUT2D eigenvalue weighted by Crippen LogP contribution is 2.35. The van der Waals surface area contributed by atoms with Crippen molar-refractivity contribution in [1.82, 2.24) is 10.2 Å². The van der Waals surface area contributed by atoms with Crippen LogP contribution >= 0.6 is 0 Å². The minimum atomic E-state index is -0.495. The number of hydrogen-bond donors (Lipinski definition) is 2. The van der Waals surface area contributed by atoms with Crippen molar-refractivity contribution < 1.29 is 9.59 Å². The highest BCUT2D eigenvalue weighted by Gasteiger charge is 2.37. The van der Waals surface area contributed by atoms with Gasteiger partial charge in [0.2, 0.25) is 0 Å². The fourth-order valence-electron chi connectivity index (χ4n) is 3.27. The Labute approximate surface area is 108 Å². The number of likely N-dealkylation sites (tertiary alicyclic amines) is 1. The number of carbonyl (C=O) groups excluding carboxylic acids is 2. The van der Waals surface area contributed by atoms with Crippen molar-refractivity contribution in [3.05, 3.63) is 0 Å². The van der Waals surface area contributed by atoms with Gasteiger partial charge in [-0.3, -0.25) is 9.59 Å². The van der Waals surface area contributed by atoms with Crippen LogP contribution in [0.5, 0.6) is 0 Å². The van der Waals surface area contributed by atoms with Gasteiger partial charge in [-0.05, 0) is 31.6 Å². The van der Waals surface area contributed by atoms with Crippen molar-refractivity contribution in [3.8, 4) is 0 Å². The summed E-state index contributed by atoms with van der Waals surface area (Å²) >= 11 is 0. The Morgan fingerprint density at radius 3 is 2.56 bits per heavy atom. The van der Waals surface area contributed by atoms with Crippen LogP contribution in [-0.4, -0.2) is 42.4 Å². The van der Waals surface area contributed by atoms with Gasteiger partial charge in [-0.25, -0.2) is 0 Å². The van der Waals surface area contributed by atoms with Gasteiger partial charge >= 0.3 is 11.8 Å². The lowest BCUT2D eigenvalue weighted by Gasteiger charge is -2.28. The molecule has 2 aliphatic rings. The molecule has 1 heterocycles. The average Bonchev–Trinajstić information content (AvgIpc) is 3.03. The van der Waals surface area contributed by atoms with E-state index < -0.39 is 5.91 Å².